The molecule has 2 aromatic heterocycles. The fraction of sp³-hybridized carbons (Fsp3) is 0.182. The molecule has 8 rings (SSSR count). The van der Waals surface area contributed by atoms with E-state index in [1.807, 2.05) is 111 Å². The van der Waals surface area contributed by atoms with Gasteiger partial charge in [-0.3, -0.25) is 0 Å². The van der Waals surface area contributed by atoms with Crippen molar-refractivity contribution in [3.05, 3.63) is 190 Å². The highest BCUT2D eigenvalue weighted by atomic mass is 31.1. The first-order valence-electron chi connectivity index (χ1n) is 18.5. The minimum Gasteiger partial charge on any atom is -0.237 e. The van der Waals surface area contributed by atoms with Gasteiger partial charge in [-0.2, -0.15) is 17.6 Å². The summed E-state index contributed by atoms with van der Waals surface area (Å²) in [6, 6.07) is 40.6. The summed E-state index contributed by atoms with van der Waals surface area (Å²) < 4.78 is 85.9. The lowest BCUT2D eigenvalue weighted by Gasteiger charge is -2.20. The molecule has 0 spiro atoms. The van der Waals surface area contributed by atoms with Gasteiger partial charge in [0.1, 0.15) is 11.0 Å². The average Bonchev–Trinajstić information content (AvgIpc) is 3.84. The Morgan fingerprint density at radius 3 is 1.50 bits per heavy atom. The third kappa shape index (κ3) is 8.29. The van der Waals surface area contributed by atoms with Crippen LogP contribution >= 0.6 is 8.25 Å². The van der Waals surface area contributed by atoms with Crippen molar-refractivity contribution in [2.75, 3.05) is 0 Å². The number of alkyl halides is 4. The minimum atomic E-state index is -4.21. The van der Waals surface area contributed by atoms with Crippen molar-refractivity contribution in [2.24, 2.45) is 0 Å². The molecule has 14 heteroatoms. The first kappa shape index (κ1) is 38.7. The number of rotatable bonds is 14. The van der Waals surface area contributed by atoms with Gasteiger partial charge in [-0.25, -0.2) is 9.36 Å². The second kappa shape index (κ2) is 16.0. The number of halogens is 4. The Morgan fingerprint density at radius 2 is 1.02 bits per heavy atom. The minimum absolute atomic E-state index is 0.321. The zero-order valence-corrected chi connectivity index (χ0v) is 32.2. The molecule has 0 aliphatic carbocycles. The highest BCUT2D eigenvalue weighted by Gasteiger charge is 2.51. The number of hydrogen-bond acceptors (Lipinski definition) is 7. The third-order valence-electron chi connectivity index (χ3n) is 10.1. The standard InChI is InChI=1S/C44H36F4N6O3P/c1-29-14-20-33(21-15-29)41(53-39-12-5-3-10-37(39)49-51-53)27-31-16-22-35(23-17-31)43(45,46)56-58(55)57-44(47,48)36-24-18-32(19-25-36)28-42(34-9-7-8-30(2)26-34)54-40-13-6-4-11-38(40)50-52-54/h3-26,41-42H,27-28H2,1-2H3/q+1. The van der Waals surface area contributed by atoms with Crippen LogP contribution in [0.3, 0.4) is 0 Å². The van der Waals surface area contributed by atoms with Gasteiger partial charge in [0.25, 0.3) is 0 Å². The van der Waals surface area contributed by atoms with Crippen LogP contribution in [0, 0.1) is 13.8 Å². The fourth-order valence-corrected chi connectivity index (χ4v) is 7.64. The molecule has 9 nitrogen and oxygen atoms in total. The zero-order chi connectivity index (χ0) is 40.4. The lowest BCUT2D eigenvalue weighted by molar-refractivity contribution is -0.220. The highest BCUT2D eigenvalue weighted by molar-refractivity contribution is 7.33. The summed E-state index contributed by atoms with van der Waals surface area (Å²) >= 11 is 0. The molecule has 0 fully saturated rings. The van der Waals surface area contributed by atoms with E-state index < -0.39 is 31.6 Å². The van der Waals surface area contributed by atoms with Crippen molar-refractivity contribution in [3.8, 4) is 0 Å². The van der Waals surface area contributed by atoms with Crippen LogP contribution < -0.4 is 0 Å². The quantitative estimate of drug-likeness (QED) is 0.0797. The number of aromatic nitrogens is 6. The zero-order valence-electron chi connectivity index (χ0n) is 31.3. The monoisotopic (exact) mass is 803 g/mol. The average molecular weight is 804 g/mol. The molecular weight excluding hydrogens is 767 g/mol. The van der Waals surface area contributed by atoms with E-state index in [0.29, 0.717) is 35.0 Å². The van der Waals surface area contributed by atoms with E-state index in [2.05, 4.69) is 29.7 Å². The van der Waals surface area contributed by atoms with Gasteiger partial charge in [0.05, 0.1) is 34.2 Å². The van der Waals surface area contributed by atoms with E-state index in [1.54, 1.807) is 9.36 Å². The van der Waals surface area contributed by atoms with Crippen molar-refractivity contribution in [1.29, 1.82) is 0 Å². The van der Waals surface area contributed by atoms with Gasteiger partial charge in [0.15, 0.2) is 0 Å². The molecule has 0 amide bonds. The fourth-order valence-electron chi connectivity index (χ4n) is 7.02. The van der Waals surface area contributed by atoms with Crippen molar-refractivity contribution < 1.29 is 31.2 Å². The van der Waals surface area contributed by atoms with Crippen molar-refractivity contribution in [2.45, 2.75) is 51.0 Å². The van der Waals surface area contributed by atoms with Gasteiger partial charge in [-0.15, -0.1) is 10.2 Å². The maximum absolute atomic E-state index is 15.3. The van der Waals surface area contributed by atoms with Crippen molar-refractivity contribution >= 4 is 30.3 Å². The number of nitrogens with zero attached hydrogens (tertiary/aromatic N) is 6. The lowest BCUT2D eigenvalue weighted by atomic mass is 9.96. The van der Waals surface area contributed by atoms with Crippen molar-refractivity contribution in [1.82, 2.24) is 30.0 Å². The van der Waals surface area contributed by atoms with Crippen LogP contribution in [0.25, 0.3) is 22.1 Å². The molecule has 3 unspecified atom stereocenters. The van der Waals surface area contributed by atoms with Gasteiger partial charge >= 0.3 is 20.5 Å². The summed E-state index contributed by atoms with van der Waals surface area (Å²) in [6.45, 7) is 3.96. The summed E-state index contributed by atoms with van der Waals surface area (Å²) in [5, 5.41) is 17.4. The van der Waals surface area contributed by atoms with E-state index in [4.69, 9.17) is 0 Å². The van der Waals surface area contributed by atoms with Crippen LogP contribution in [0.1, 0.15) is 56.6 Å². The number of benzene rings is 6. The van der Waals surface area contributed by atoms with Crippen molar-refractivity contribution in [3.63, 3.8) is 0 Å². The van der Waals surface area contributed by atoms with E-state index in [0.717, 1.165) is 57.6 Å². The first-order chi connectivity index (χ1) is 27.9. The molecule has 0 aliphatic heterocycles. The molecule has 0 radical (unpaired) electrons. The topological polar surface area (TPSA) is 97.0 Å². The Kier molecular flexibility index (Phi) is 10.7. The maximum atomic E-state index is 15.3. The summed E-state index contributed by atoms with van der Waals surface area (Å²) in [5.74, 6) is 0. The van der Waals surface area contributed by atoms with Crippen LogP contribution in [0.4, 0.5) is 17.6 Å². The SMILES string of the molecule is Cc1ccc(C(Cc2ccc(C(F)(F)O[P+](=O)OC(F)(F)c3ccc(CC(c4cccc(C)c4)n4nnc5ccccc54)cc3)cc2)n2nnc3ccccc32)cc1. The van der Waals surface area contributed by atoms with Crippen LogP contribution in [0.2, 0.25) is 0 Å². The second-order valence-corrected chi connectivity index (χ2v) is 15.0. The van der Waals surface area contributed by atoms with Gasteiger partial charge in [-0.05, 0) is 107 Å². The third-order valence-corrected chi connectivity index (χ3v) is 10.8. The predicted molar refractivity (Wildman–Crippen MR) is 212 cm³/mol. The molecule has 0 saturated carbocycles. The maximum Gasteiger partial charge on any atom is 0.710 e. The predicted octanol–water partition coefficient (Wildman–Crippen LogP) is 10.9. The Morgan fingerprint density at radius 1 is 0.552 bits per heavy atom. The molecule has 0 bridgehead atoms. The largest absolute Gasteiger partial charge is 0.710 e. The lowest BCUT2D eigenvalue weighted by Crippen LogP contribution is -2.19. The molecule has 292 valence electrons. The van der Waals surface area contributed by atoms with E-state index in [9.17, 15) is 4.57 Å². The highest BCUT2D eigenvalue weighted by Crippen LogP contribution is 2.46. The van der Waals surface area contributed by atoms with E-state index in [1.165, 1.54) is 24.3 Å². The molecule has 2 heterocycles. The Bertz CT molecular complexity index is 2700. The summed E-state index contributed by atoms with van der Waals surface area (Å²) in [5.41, 5.74) is 7.05. The molecule has 58 heavy (non-hydrogen) atoms. The Balaban J connectivity index is 0.941. The number of para-hydroxylation sites is 2. The first-order valence-corrected chi connectivity index (χ1v) is 19.6. The molecule has 3 atom stereocenters. The van der Waals surface area contributed by atoms with Gasteiger partial charge in [0.2, 0.25) is 0 Å². The van der Waals surface area contributed by atoms with Crippen LogP contribution in [0.15, 0.2) is 146 Å². The molecule has 8 aromatic rings. The molecular formula is C44H36F4N6O3P+. The van der Waals surface area contributed by atoms with Crippen LogP contribution in [-0.4, -0.2) is 30.0 Å². The molecule has 0 aliphatic rings. The normalized spacial score (nSPS) is 13.5. The number of fused-ring (bicyclic) bond motifs is 2. The molecule has 6 aromatic carbocycles. The Labute approximate surface area is 331 Å². The van der Waals surface area contributed by atoms with E-state index >= 15 is 17.6 Å². The second-order valence-electron chi connectivity index (χ2n) is 14.1. The van der Waals surface area contributed by atoms with Crippen LogP contribution in [-0.2, 0) is 38.7 Å². The summed E-state index contributed by atoms with van der Waals surface area (Å²) in [6.07, 6.45) is -7.67. The van der Waals surface area contributed by atoms with Gasteiger partial charge in [0, 0.05) is 4.57 Å². The smallest absolute Gasteiger partial charge is 0.237 e. The van der Waals surface area contributed by atoms with E-state index in [-0.39, 0.29) is 12.1 Å². The molecule has 0 saturated heterocycles. The van der Waals surface area contributed by atoms with Gasteiger partial charge < -0.3 is 0 Å². The van der Waals surface area contributed by atoms with Crippen LogP contribution in [0.5, 0.6) is 0 Å². The number of aryl methyl sites for hydroxylation is 2. The molecule has 0 N–H and O–H groups in total. The summed E-state index contributed by atoms with van der Waals surface area (Å²) in [7, 11) is -3.98. The van der Waals surface area contributed by atoms with Gasteiger partial charge in [-0.1, -0.05) is 119 Å². The number of hydrogen-bond donors (Lipinski definition) is 0. The Hall–Kier alpha value is -6.14. The summed E-state index contributed by atoms with van der Waals surface area (Å²) in [4.78, 5) is 0.